The first kappa shape index (κ1) is 18.1. The van der Waals surface area contributed by atoms with Crippen LogP contribution >= 0.6 is 0 Å². The maximum atomic E-state index is 14.7. The molecule has 0 aliphatic carbocycles. The quantitative estimate of drug-likeness (QED) is 0.624. The first-order chi connectivity index (χ1) is 13.2. The molecule has 1 aromatic carbocycles. The van der Waals surface area contributed by atoms with E-state index in [4.69, 9.17) is 4.52 Å². The summed E-state index contributed by atoms with van der Waals surface area (Å²) in [6.07, 6.45) is -4.28. The Labute approximate surface area is 154 Å². The van der Waals surface area contributed by atoms with Crippen LogP contribution in [-0.4, -0.2) is 26.2 Å². The summed E-state index contributed by atoms with van der Waals surface area (Å²) in [5.41, 5.74) is -0.0935. The number of amides is 1. The minimum absolute atomic E-state index is 0.0302. The molecule has 0 N–H and O–H groups in total. The van der Waals surface area contributed by atoms with E-state index >= 15 is 0 Å². The lowest BCUT2D eigenvalue weighted by molar-refractivity contribution is -0.159. The summed E-state index contributed by atoms with van der Waals surface area (Å²) in [7, 11) is 0. The van der Waals surface area contributed by atoms with E-state index < -0.39 is 29.8 Å². The van der Waals surface area contributed by atoms with Gasteiger partial charge in [0.05, 0.1) is 5.69 Å². The van der Waals surface area contributed by atoms with Crippen molar-refractivity contribution in [2.45, 2.75) is 32.0 Å². The van der Waals surface area contributed by atoms with Crippen molar-refractivity contribution in [1.82, 2.24) is 20.3 Å². The van der Waals surface area contributed by atoms with Crippen LogP contribution in [0.4, 0.5) is 23.2 Å². The van der Waals surface area contributed by atoms with Gasteiger partial charge in [0, 0.05) is 12.0 Å². The molecule has 3 heterocycles. The van der Waals surface area contributed by atoms with E-state index in [1.54, 1.807) is 6.92 Å². The summed E-state index contributed by atoms with van der Waals surface area (Å²) >= 11 is 0. The predicted octanol–water partition coefficient (Wildman–Crippen LogP) is 3.45. The molecule has 28 heavy (non-hydrogen) atoms. The summed E-state index contributed by atoms with van der Waals surface area (Å²) in [4.78, 5) is 20.8. The molecule has 2 aromatic heterocycles. The fraction of sp³-hybridized carbons (Fsp3) is 0.312. The van der Waals surface area contributed by atoms with E-state index in [0.29, 0.717) is 12.2 Å². The molecule has 0 bridgehead atoms. The van der Waals surface area contributed by atoms with Crippen LogP contribution in [0, 0.1) is 12.7 Å². The van der Waals surface area contributed by atoms with Crippen LogP contribution in [-0.2, 0) is 11.0 Å². The highest BCUT2D eigenvalue weighted by Crippen LogP contribution is 2.38. The van der Waals surface area contributed by atoms with Gasteiger partial charge in [0.25, 0.3) is 0 Å². The average molecular weight is 397 g/mol. The van der Waals surface area contributed by atoms with Gasteiger partial charge in [-0.1, -0.05) is 10.3 Å². The van der Waals surface area contributed by atoms with E-state index in [0.717, 1.165) is 6.07 Å². The summed E-state index contributed by atoms with van der Waals surface area (Å²) in [6, 6.07) is 2.86. The maximum absolute atomic E-state index is 14.7. The Balaban J connectivity index is 1.67. The van der Waals surface area contributed by atoms with Crippen molar-refractivity contribution in [2.75, 3.05) is 4.90 Å². The molecule has 8 nitrogen and oxygen atoms in total. The number of rotatable bonds is 3. The molecule has 1 fully saturated rings. The topological polar surface area (TPSA) is 98.2 Å². The van der Waals surface area contributed by atoms with E-state index in [1.807, 2.05) is 0 Å². The SMILES string of the molecule is Cc1noc(C2CCC(=O)N2c2ccc(-c3noc(C(F)(F)F)n3)cc2F)n1. The Kier molecular flexibility index (Phi) is 4.12. The molecule has 146 valence electrons. The summed E-state index contributed by atoms with van der Waals surface area (Å²) in [5.74, 6) is -2.58. The monoisotopic (exact) mass is 397 g/mol. The van der Waals surface area contributed by atoms with E-state index in [-0.39, 0.29) is 29.5 Å². The van der Waals surface area contributed by atoms with Crippen molar-refractivity contribution in [3.8, 4) is 11.4 Å². The molecule has 1 saturated heterocycles. The Bertz CT molecular complexity index is 1050. The van der Waals surface area contributed by atoms with Crippen LogP contribution in [0.25, 0.3) is 11.4 Å². The lowest BCUT2D eigenvalue weighted by Gasteiger charge is -2.22. The van der Waals surface area contributed by atoms with Crippen LogP contribution in [0.15, 0.2) is 27.2 Å². The molecule has 0 spiro atoms. The number of aryl methyl sites for hydroxylation is 1. The fourth-order valence-corrected chi connectivity index (χ4v) is 2.97. The number of hydrogen-bond acceptors (Lipinski definition) is 7. The number of aromatic nitrogens is 4. The van der Waals surface area contributed by atoms with E-state index in [9.17, 15) is 22.4 Å². The molecule has 1 amide bonds. The second-order valence-electron chi connectivity index (χ2n) is 6.09. The van der Waals surface area contributed by atoms with E-state index in [1.165, 1.54) is 17.0 Å². The molecule has 1 atom stereocenters. The van der Waals surface area contributed by atoms with Gasteiger partial charge in [0.15, 0.2) is 5.82 Å². The van der Waals surface area contributed by atoms with Crippen LogP contribution in [0.5, 0.6) is 0 Å². The number of hydrogen-bond donors (Lipinski definition) is 0. The Morgan fingerprint density at radius 3 is 2.57 bits per heavy atom. The highest BCUT2D eigenvalue weighted by molar-refractivity contribution is 5.96. The van der Waals surface area contributed by atoms with Gasteiger partial charge in [-0.15, -0.1) is 0 Å². The van der Waals surface area contributed by atoms with Gasteiger partial charge in [0.1, 0.15) is 11.9 Å². The third kappa shape index (κ3) is 3.10. The van der Waals surface area contributed by atoms with Gasteiger partial charge < -0.3 is 9.05 Å². The van der Waals surface area contributed by atoms with Gasteiger partial charge in [-0.25, -0.2) is 4.39 Å². The number of anilines is 1. The highest BCUT2D eigenvalue weighted by Gasteiger charge is 2.40. The molecule has 0 saturated carbocycles. The number of nitrogens with zero attached hydrogens (tertiary/aromatic N) is 5. The van der Waals surface area contributed by atoms with Crippen molar-refractivity contribution in [2.24, 2.45) is 0 Å². The number of halogens is 4. The minimum Gasteiger partial charge on any atom is -0.337 e. The third-order valence-corrected chi connectivity index (χ3v) is 4.17. The third-order valence-electron chi connectivity index (χ3n) is 4.17. The van der Waals surface area contributed by atoms with Gasteiger partial charge in [-0.2, -0.15) is 23.1 Å². The number of carbonyl (C=O) groups excluding carboxylic acids is 1. The van der Waals surface area contributed by atoms with Crippen molar-refractivity contribution < 1.29 is 31.4 Å². The molecule has 1 aliphatic rings. The first-order valence-corrected chi connectivity index (χ1v) is 8.07. The van der Waals surface area contributed by atoms with Gasteiger partial charge in [-0.3, -0.25) is 9.69 Å². The smallest absolute Gasteiger partial charge is 0.337 e. The van der Waals surface area contributed by atoms with Crippen molar-refractivity contribution in [3.05, 3.63) is 41.6 Å². The number of alkyl halides is 3. The Hall–Kier alpha value is -3.31. The van der Waals surface area contributed by atoms with Gasteiger partial charge >= 0.3 is 12.1 Å². The molecule has 1 unspecified atom stereocenters. The predicted molar refractivity (Wildman–Crippen MR) is 83.2 cm³/mol. The zero-order valence-electron chi connectivity index (χ0n) is 14.2. The minimum atomic E-state index is -4.80. The molecule has 1 aliphatic heterocycles. The summed E-state index contributed by atoms with van der Waals surface area (Å²) < 4.78 is 61.7. The Morgan fingerprint density at radius 2 is 1.96 bits per heavy atom. The second kappa shape index (κ2) is 6.39. The van der Waals surface area contributed by atoms with Crippen molar-refractivity contribution in [3.63, 3.8) is 0 Å². The summed E-state index contributed by atoms with van der Waals surface area (Å²) in [5, 5.41) is 6.89. The molecular formula is C16H11F4N5O3. The largest absolute Gasteiger partial charge is 0.471 e. The van der Waals surface area contributed by atoms with Gasteiger partial charge in [0.2, 0.25) is 17.6 Å². The Morgan fingerprint density at radius 1 is 1.18 bits per heavy atom. The lowest BCUT2D eigenvalue weighted by Crippen LogP contribution is -2.28. The van der Waals surface area contributed by atoms with E-state index in [2.05, 4.69) is 24.8 Å². The van der Waals surface area contributed by atoms with Crippen LogP contribution < -0.4 is 4.90 Å². The standard InChI is InChI=1S/C16H11F4N5O3/c1-7-21-14(27-23-7)11-4-5-12(26)25(11)10-3-2-8(6-9(10)17)13-22-15(28-24-13)16(18,19)20/h2-3,6,11H,4-5H2,1H3. The number of carbonyl (C=O) groups is 1. The van der Waals surface area contributed by atoms with Crippen molar-refractivity contribution >= 4 is 11.6 Å². The lowest BCUT2D eigenvalue weighted by atomic mass is 10.1. The van der Waals surface area contributed by atoms with Crippen LogP contribution in [0.3, 0.4) is 0 Å². The zero-order chi connectivity index (χ0) is 20.1. The molecule has 0 radical (unpaired) electrons. The maximum Gasteiger partial charge on any atom is 0.471 e. The second-order valence-corrected chi connectivity index (χ2v) is 6.09. The zero-order valence-corrected chi connectivity index (χ0v) is 14.2. The molecule has 4 rings (SSSR count). The first-order valence-electron chi connectivity index (χ1n) is 8.07. The van der Waals surface area contributed by atoms with Crippen molar-refractivity contribution in [1.29, 1.82) is 0 Å². The van der Waals surface area contributed by atoms with Crippen LogP contribution in [0.2, 0.25) is 0 Å². The molecule has 3 aromatic rings. The summed E-state index contributed by atoms with van der Waals surface area (Å²) in [6.45, 7) is 1.61. The average Bonchev–Trinajstić information content (AvgIpc) is 3.34. The fourth-order valence-electron chi connectivity index (χ4n) is 2.97. The highest BCUT2D eigenvalue weighted by atomic mass is 19.4. The molecule has 12 heteroatoms. The van der Waals surface area contributed by atoms with Gasteiger partial charge in [-0.05, 0) is 31.5 Å². The van der Waals surface area contributed by atoms with Crippen LogP contribution in [0.1, 0.15) is 36.5 Å². The number of benzene rings is 1. The normalized spacial score (nSPS) is 17.5. The molecular weight excluding hydrogens is 386 g/mol.